The molecule has 0 aromatic carbocycles. The largest absolute Gasteiger partial charge is 0.352 e. The number of amides is 1. The fraction of sp³-hybridized carbons (Fsp3) is 0.667. The van der Waals surface area contributed by atoms with Crippen molar-refractivity contribution in [2.24, 2.45) is 5.41 Å². The second kappa shape index (κ2) is 7.31. The zero-order chi connectivity index (χ0) is 13.5. The van der Waals surface area contributed by atoms with E-state index in [4.69, 9.17) is 0 Å². The molecule has 0 aromatic heterocycles. The lowest BCUT2D eigenvalue weighted by atomic mass is 9.96. The Balaban J connectivity index is 3.93. The highest BCUT2D eigenvalue weighted by Crippen LogP contribution is 2.12. The van der Waals surface area contributed by atoms with Crippen LogP contribution in [-0.4, -0.2) is 12.5 Å². The molecule has 0 bridgehead atoms. The number of nitrogens with one attached hydrogen (secondary N) is 1. The van der Waals surface area contributed by atoms with E-state index in [9.17, 15) is 4.79 Å². The van der Waals surface area contributed by atoms with Crippen molar-refractivity contribution in [3.05, 3.63) is 23.3 Å². The fourth-order valence-electron chi connectivity index (χ4n) is 1.27. The number of carbonyl (C=O) groups excluding carboxylic acids is 1. The number of hydrogen-bond donors (Lipinski definition) is 1. The van der Waals surface area contributed by atoms with Gasteiger partial charge >= 0.3 is 0 Å². The van der Waals surface area contributed by atoms with E-state index in [-0.39, 0.29) is 11.3 Å². The van der Waals surface area contributed by atoms with Gasteiger partial charge in [-0.15, -0.1) is 0 Å². The lowest BCUT2D eigenvalue weighted by Gasteiger charge is -2.16. The number of hydrogen-bond acceptors (Lipinski definition) is 1. The molecule has 17 heavy (non-hydrogen) atoms. The Morgan fingerprint density at radius 3 is 2.18 bits per heavy atom. The molecule has 0 aliphatic heterocycles. The van der Waals surface area contributed by atoms with Gasteiger partial charge in [0, 0.05) is 12.0 Å². The van der Waals surface area contributed by atoms with E-state index in [2.05, 4.69) is 38.2 Å². The average Bonchev–Trinajstić information content (AvgIpc) is 2.15. The molecule has 0 heterocycles. The Kier molecular flexibility index (Phi) is 6.86. The molecule has 0 aliphatic rings. The third-order valence-electron chi connectivity index (χ3n) is 2.49. The summed E-state index contributed by atoms with van der Waals surface area (Å²) < 4.78 is 0. The minimum atomic E-state index is -0.302. The molecule has 0 fully saturated rings. The van der Waals surface area contributed by atoms with Crippen LogP contribution in [0.1, 0.15) is 54.4 Å². The van der Waals surface area contributed by atoms with Crippen LogP contribution >= 0.6 is 0 Å². The van der Waals surface area contributed by atoms with E-state index in [0.717, 1.165) is 12.8 Å². The Labute approximate surface area is 106 Å². The van der Waals surface area contributed by atoms with Gasteiger partial charge in [0.05, 0.1) is 0 Å². The first-order valence-corrected chi connectivity index (χ1v) is 6.31. The molecule has 0 unspecified atom stereocenters. The first kappa shape index (κ1) is 16.0. The molecule has 0 atom stereocenters. The molecule has 1 amide bonds. The Bertz CT molecular complexity index is 301. The summed E-state index contributed by atoms with van der Waals surface area (Å²) in [5.74, 6) is 0.103. The van der Waals surface area contributed by atoms with Crippen molar-refractivity contribution in [3.63, 3.8) is 0 Å². The number of allylic oxidation sites excluding steroid dienone is 3. The zero-order valence-corrected chi connectivity index (χ0v) is 12.2. The highest BCUT2D eigenvalue weighted by Gasteiger charge is 2.19. The maximum absolute atomic E-state index is 11.6. The van der Waals surface area contributed by atoms with Gasteiger partial charge in [0.2, 0.25) is 5.91 Å². The van der Waals surface area contributed by atoms with Crippen LogP contribution in [0.15, 0.2) is 23.3 Å². The molecule has 0 aliphatic carbocycles. The predicted molar refractivity (Wildman–Crippen MR) is 74.9 cm³/mol. The van der Waals surface area contributed by atoms with Crippen LogP contribution in [0.4, 0.5) is 0 Å². The lowest BCUT2D eigenvalue weighted by molar-refractivity contribution is -0.128. The summed E-state index contributed by atoms with van der Waals surface area (Å²) in [6, 6.07) is 0. The van der Waals surface area contributed by atoms with Crippen LogP contribution in [0, 0.1) is 5.41 Å². The van der Waals surface area contributed by atoms with Gasteiger partial charge in [-0.3, -0.25) is 4.79 Å². The fourth-order valence-corrected chi connectivity index (χ4v) is 1.27. The molecule has 2 heteroatoms. The van der Waals surface area contributed by atoms with Gasteiger partial charge in [-0.05, 0) is 33.6 Å². The van der Waals surface area contributed by atoms with E-state index in [0.29, 0.717) is 6.54 Å². The summed E-state index contributed by atoms with van der Waals surface area (Å²) in [7, 11) is 0. The van der Waals surface area contributed by atoms with Crippen molar-refractivity contribution in [1.82, 2.24) is 5.32 Å². The molecule has 0 saturated heterocycles. The van der Waals surface area contributed by atoms with Crippen molar-refractivity contribution in [3.8, 4) is 0 Å². The highest BCUT2D eigenvalue weighted by atomic mass is 16.2. The Morgan fingerprint density at radius 2 is 1.71 bits per heavy atom. The predicted octanol–water partition coefficient (Wildman–Crippen LogP) is 3.84. The lowest BCUT2D eigenvalue weighted by Crippen LogP contribution is -2.34. The van der Waals surface area contributed by atoms with Crippen molar-refractivity contribution < 1.29 is 4.79 Å². The van der Waals surface area contributed by atoms with Crippen molar-refractivity contribution in [2.45, 2.75) is 54.4 Å². The second-order valence-corrected chi connectivity index (χ2v) is 5.83. The maximum Gasteiger partial charge on any atom is 0.225 e. The van der Waals surface area contributed by atoms with Gasteiger partial charge in [-0.1, -0.05) is 44.1 Å². The van der Waals surface area contributed by atoms with Crippen LogP contribution in [-0.2, 0) is 4.79 Å². The monoisotopic (exact) mass is 237 g/mol. The Morgan fingerprint density at radius 1 is 1.12 bits per heavy atom. The minimum absolute atomic E-state index is 0.103. The second-order valence-electron chi connectivity index (χ2n) is 5.83. The quantitative estimate of drug-likeness (QED) is 0.723. The molecule has 0 saturated carbocycles. The first-order valence-electron chi connectivity index (χ1n) is 6.31. The SMILES string of the molecule is CC(C)=CCC/C(C)=C/CNC(=O)C(C)(C)C. The topological polar surface area (TPSA) is 29.1 Å². The number of rotatable bonds is 5. The number of carbonyl (C=O) groups is 1. The van der Waals surface area contributed by atoms with Crippen LogP contribution in [0.25, 0.3) is 0 Å². The minimum Gasteiger partial charge on any atom is -0.352 e. The van der Waals surface area contributed by atoms with Crippen LogP contribution in [0.3, 0.4) is 0 Å². The molecule has 98 valence electrons. The van der Waals surface area contributed by atoms with Crippen molar-refractivity contribution >= 4 is 5.91 Å². The first-order chi connectivity index (χ1) is 7.73. The van der Waals surface area contributed by atoms with Crippen LogP contribution < -0.4 is 5.32 Å². The molecule has 0 spiro atoms. The molecular formula is C15H27NO. The average molecular weight is 237 g/mol. The summed E-state index contributed by atoms with van der Waals surface area (Å²) in [4.78, 5) is 11.6. The normalized spacial score (nSPS) is 12.2. The summed E-state index contributed by atoms with van der Waals surface area (Å²) >= 11 is 0. The van der Waals surface area contributed by atoms with E-state index in [1.807, 2.05) is 20.8 Å². The summed E-state index contributed by atoms with van der Waals surface area (Å²) in [5, 5.41) is 2.92. The molecule has 1 N–H and O–H groups in total. The molecule has 0 aromatic rings. The van der Waals surface area contributed by atoms with Gasteiger partial charge in [-0.2, -0.15) is 0 Å². The molecule has 2 nitrogen and oxygen atoms in total. The maximum atomic E-state index is 11.6. The van der Waals surface area contributed by atoms with Crippen molar-refractivity contribution in [2.75, 3.05) is 6.54 Å². The van der Waals surface area contributed by atoms with Gasteiger partial charge in [0.15, 0.2) is 0 Å². The van der Waals surface area contributed by atoms with Crippen LogP contribution in [0.2, 0.25) is 0 Å². The standard InChI is InChI=1S/C15H27NO/c1-12(2)8-7-9-13(3)10-11-16-14(17)15(4,5)6/h8,10H,7,9,11H2,1-6H3,(H,16,17)/b13-10+. The molecule has 0 radical (unpaired) electrons. The third-order valence-corrected chi connectivity index (χ3v) is 2.49. The van der Waals surface area contributed by atoms with Gasteiger partial charge in [-0.25, -0.2) is 0 Å². The highest BCUT2D eigenvalue weighted by molar-refractivity contribution is 5.81. The van der Waals surface area contributed by atoms with Crippen molar-refractivity contribution in [1.29, 1.82) is 0 Å². The van der Waals surface area contributed by atoms with Gasteiger partial charge in [0.1, 0.15) is 0 Å². The zero-order valence-electron chi connectivity index (χ0n) is 12.2. The third kappa shape index (κ3) is 8.73. The molecule has 0 rings (SSSR count). The van der Waals surface area contributed by atoms with Crippen LogP contribution in [0.5, 0.6) is 0 Å². The van der Waals surface area contributed by atoms with E-state index in [1.54, 1.807) is 0 Å². The Hall–Kier alpha value is -1.05. The van der Waals surface area contributed by atoms with E-state index in [1.165, 1.54) is 11.1 Å². The van der Waals surface area contributed by atoms with Gasteiger partial charge in [0.25, 0.3) is 0 Å². The van der Waals surface area contributed by atoms with Gasteiger partial charge < -0.3 is 5.32 Å². The smallest absolute Gasteiger partial charge is 0.225 e. The summed E-state index contributed by atoms with van der Waals surface area (Å²) in [5.41, 5.74) is 2.39. The molecular weight excluding hydrogens is 210 g/mol. The summed E-state index contributed by atoms with van der Waals surface area (Å²) in [6.07, 6.45) is 6.49. The summed E-state index contributed by atoms with van der Waals surface area (Å²) in [6.45, 7) is 12.7. The van der Waals surface area contributed by atoms with E-state index < -0.39 is 0 Å². The van der Waals surface area contributed by atoms with E-state index >= 15 is 0 Å².